The molecule has 2 nitrogen and oxygen atoms in total. The molecular weight excluding hydrogens is 491 g/mol. The number of allylic oxidation sites excluding steroid dienone is 1. The maximum atomic E-state index is 12.9. The molecule has 0 radical (unpaired) electrons. The molecule has 0 aromatic rings. The topological polar surface area (TPSA) is 26.3 Å². The monoisotopic (exact) mass is 546 g/mol. The Morgan fingerprint density at radius 2 is 1.37 bits per heavy atom. The molecule has 0 aliphatic rings. The summed E-state index contributed by atoms with van der Waals surface area (Å²) >= 11 is -2.60. The van der Waals surface area contributed by atoms with E-state index < -0.39 is 26.7 Å². The Labute approximate surface area is 195 Å². The van der Waals surface area contributed by atoms with Crippen LogP contribution in [-0.2, 0) is 9.22 Å². The van der Waals surface area contributed by atoms with Crippen LogP contribution in [0, 0.1) is 5.92 Å². The molecule has 30 heavy (non-hydrogen) atoms. The van der Waals surface area contributed by atoms with Crippen molar-refractivity contribution in [3.63, 3.8) is 0 Å². The molecule has 0 heterocycles. The molecule has 0 saturated heterocycles. The molecule has 0 spiro atoms. The van der Waals surface area contributed by atoms with E-state index in [9.17, 15) is 4.79 Å². The third-order valence-electron chi connectivity index (χ3n) is 7.23. The molecule has 0 amide bonds. The van der Waals surface area contributed by atoms with Gasteiger partial charge in [0.1, 0.15) is 0 Å². The van der Waals surface area contributed by atoms with Gasteiger partial charge in [-0.15, -0.1) is 0 Å². The van der Waals surface area contributed by atoms with E-state index in [4.69, 9.17) is 4.43 Å². The van der Waals surface area contributed by atoms with Crippen LogP contribution in [0.4, 0.5) is 0 Å². The normalized spacial score (nSPS) is 13.9. The van der Waals surface area contributed by atoms with Crippen molar-refractivity contribution in [2.75, 3.05) is 6.61 Å². The van der Waals surface area contributed by atoms with Crippen molar-refractivity contribution in [1.29, 1.82) is 0 Å². The zero-order chi connectivity index (χ0) is 23.4. The molecule has 0 bridgehead atoms. The Kier molecular flexibility index (Phi) is 14.7. The first-order chi connectivity index (χ1) is 13.9. The van der Waals surface area contributed by atoms with E-state index in [2.05, 4.69) is 60.7 Å². The van der Waals surface area contributed by atoms with Crippen LogP contribution in [0.15, 0.2) is 9.67 Å². The second kappa shape index (κ2) is 14.5. The second-order valence-corrected chi connectivity index (χ2v) is 29.4. The summed E-state index contributed by atoms with van der Waals surface area (Å²) in [4.78, 5) is 12.9. The van der Waals surface area contributed by atoms with Crippen molar-refractivity contribution in [3.05, 3.63) is 9.67 Å². The summed E-state index contributed by atoms with van der Waals surface area (Å²) in [6.45, 7) is 23.5. The van der Waals surface area contributed by atoms with Crippen LogP contribution in [0.25, 0.3) is 0 Å². The van der Waals surface area contributed by atoms with E-state index in [-0.39, 0.29) is 11.0 Å². The van der Waals surface area contributed by atoms with Gasteiger partial charge in [0.05, 0.1) is 0 Å². The fraction of sp³-hybridized carbons (Fsp3) is 0.885. The predicted octanol–water partition coefficient (Wildman–Crippen LogP) is 8.94. The standard InChI is InChI=1S/C14H27O2Si.3C4H9.Sn/c1-12(2)13(15)10-8-9-11-16-17(6,7)14(3,4)5;3*1-3-4-2;/h10,12H,9,11H2,1-7H3;3*1,3-4H2,2H3;. The summed E-state index contributed by atoms with van der Waals surface area (Å²) in [7, 11) is -1.76. The quantitative estimate of drug-likeness (QED) is 0.143. The molecule has 0 saturated carbocycles. The van der Waals surface area contributed by atoms with Crippen molar-refractivity contribution in [2.24, 2.45) is 5.92 Å². The third-order valence-corrected chi connectivity index (χ3v) is 28.0. The van der Waals surface area contributed by atoms with Gasteiger partial charge in [0.2, 0.25) is 0 Å². The fourth-order valence-corrected chi connectivity index (χ4v) is 21.7. The number of hydrogen-bond donors (Lipinski definition) is 0. The minimum absolute atomic E-state index is 0.0915. The molecule has 0 atom stereocenters. The predicted molar refractivity (Wildman–Crippen MR) is 141 cm³/mol. The Balaban J connectivity index is 5.93. The van der Waals surface area contributed by atoms with Crippen molar-refractivity contribution in [1.82, 2.24) is 0 Å². The number of carbonyl (C=O) groups is 1. The van der Waals surface area contributed by atoms with Crippen LogP contribution >= 0.6 is 0 Å². The van der Waals surface area contributed by atoms with E-state index in [1.165, 1.54) is 51.8 Å². The summed E-state index contributed by atoms with van der Waals surface area (Å²) in [5.41, 5.74) is 0. The van der Waals surface area contributed by atoms with E-state index in [1.54, 1.807) is 3.59 Å². The summed E-state index contributed by atoms with van der Waals surface area (Å²) in [6.07, 6.45) is 10.9. The Morgan fingerprint density at radius 1 is 0.933 bits per heavy atom. The van der Waals surface area contributed by atoms with Crippen LogP contribution in [0.5, 0.6) is 0 Å². The molecule has 0 rings (SSSR count). The second-order valence-electron chi connectivity index (χ2n) is 11.2. The summed E-state index contributed by atoms with van der Waals surface area (Å²) in [6, 6.07) is 0. The van der Waals surface area contributed by atoms with Crippen LogP contribution < -0.4 is 0 Å². The Morgan fingerprint density at radius 3 is 1.70 bits per heavy atom. The van der Waals surface area contributed by atoms with Gasteiger partial charge in [0.25, 0.3) is 0 Å². The first kappa shape index (κ1) is 30.4. The average molecular weight is 546 g/mol. The van der Waals surface area contributed by atoms with Gasteiger partial charge >= 0.3 is 196 Å². The first-order valence-corrected chi connectivity index (χ1v) is 23.1. The average Bonchev–Trinajstić information content (AvgIpc) is 2.65. The molecule has 178 valence electrons. The number of rotatable bonds is 16. The van der Waals surface area contributed by atoms with Gasteiger partial charge < -0.3 is 0 Å². The molecular formula is C26H54O2SiSn. The van der Waals surface area contributed by atoms with Crippen LogP contribution in [0.2, 0.25) is 31.4 Å². The third kappa shape index (κ3) is 10.3. The molecule has 4 heteroatoms. The molecule has 0 fully saturated rings. The fourth-order valence-electron chi connectivity index (χ4n) is 3.86. The van der Waals surface area contributed by atoms with E-state index in [0.29, 0.717) is 5.78 Å². The summed E-state index contributed by atoms with van der Waals surface area (Å²) in [5.74, 6) is 0.428. The number of ketones is 1. The van der Waals surface area contributed by atoms with Crippen LogP contribution in [0.1, 0.15) is 100 Å². The molecule has 0 N–H and O–H groups in total. The maximum absolute atomic E-state index is 12.9. The van der Waals surface area contributed by atoms with Crippen molar-refractivity contribution in [3.8, 4) is 0 Å². The van der Waals surface area contributed by atoms with Gasteiger partial charge in [-0.25, -0.2) is 0 Å². The summed E-state index contributed by atoms with van der Waals surface area (Å²) in [5, 5.41) is 0.234. The van der Waals surface area contributed by atoms with Crippen LogP contribution in [0.3, 0.4) is 0 Å². The van der Waals surface area contributed by atoms with Gasteiger partial charge in [-0.05, 0) is 0 Å². The van der Waals surface area contributed by atoms with E-state index in [1.807, 2.05) is 13.8 Å². The Bertz CT molecular complexity index is 496. The summed E-state index contributed by atoms with van der Waals surface area (Å²) < 4.78 is 12.4. The molecule has 0 aromatic carbocycles. The zero-order valence-electron chi connectivity index (χ0n) is 22.2. The molecule has 0 aliphatic carbocycles. The van der Waals surface area contributed by atoms with Crippen molar-refractivity contribution in [2.45, 2.75) is 132 Å². The Hall–Kier alpha value is 0.386. The number of hydrogen-bond acceptors (Lipinski definition) is 2. The SMILES string of the molecule is CCC[CH2][Sn]([CH2]CCC)([CH2]CCC)/[C](=C\C(=O)C(C)C)CCO[Si](C)(C)C(C)(C)C. The number of carbonyl (C=O) groups excluding carboxylic acids is 1. The van der Waals surface area contributed by atoms with Gasteiger partial charge in [-0.1, -0.05) is 0 Å². The first-order valence-electron chi connectivity index (χ1n) is 12.8. The van der Waals surface area contributed by atoms with Crippen molar-refractivity contribution >= 4 is 32.5 Å². The van der Waals surface area contributed by atoms with Crippen LogP contribution in [-0.4, -0.2) is 39.1 Å². The van der Waals surface area contributed by atoms with E-state index >= 15 is 0 Å². The van der Waals surface area contributed by atoms with Gasteiger partial charge in [-0.2, -0.15) is 0 Å². The molecule has 0 aromatic heterocycles. The van der Waals surface area contributed by atoms with E-state index in [0.717, 1.165) is 13.0 Å². The van der Waals surface area contributed by atoms with Gasteiger partial charge in [-0.3, -0.25) is 0 Å². The minimum atomic E-state index is -2.60. The van der Waals surface area contributed by atoms with Crippen molar-refractivity contribution < 1.29 is 9.22 Å². The molecule has 0 aliphatic heterocycles. The zero-order valence-corrected chi connectivity index (χ0v) is 26.1. The molecule has 0 unspecified atom stereocenters. The van der Waals surface area contributed by atoms with Gasteiger partial charge in [0.15, 0.2) is 0 Å². The van der Waals surface area contributed by atoms with Gasteiger partial charge in [0, 0.05) is 0 Å². The number of unbranched alkanes of at least 4 members (excludes halogenated alkanes) is 3.